The van der Waals surface area contributed by atoms with Gasteiger partial charge in [-0.05, 0) is 40.4 Å². The van der Waals surface area contributed by atoms with Crippen LogP contribution < -0.4 is 5.32 Å². The first-order valence-corrected chi connectivity index (χ1v) is 7.58. The van der Waals surface area contributed by atoms with E-state index < -0.39 is 12.2 Å². The van der Waals surface area contributed by atoms with Gasteiger partial charge >= 0.3 is 6.09 Å². The quantitative estimate of drug-likeness (QED) is 0.787. The second kappa shape index (κ2) is 6.41. The molecule has 2 aromatic rings. The maximum atomic E-state index is 11.8. The van der Waals surface area contributed by atoms with Crippen molar-refractivity contribution in [3.63, 3.8) is 0 Å². The molecule has 0 unspecified atom stereocenters. The van der Waals surface area contributed by atoms with Crippen LogP contribution in [0.3, 0.4) is 0 Å². The summed E-state index contributed by atoms with van der Waals surface area (Å²) in [5.41, 5.74) is 1.48. The fourth-order valence-electron chi connectivity index (χ4n) is 1.55. The predicted octanol–water partition coefficient (Wildman–Crippen LogP) is 5.47. The Kier molecular flexibility index (Phi) is 4.85. The van der Waals surface area contributed by atoms with Crippen molar-refractivity contribution in [2.24, 2.45) is 0 Å². The zero-order valence-corrected chi connectivity index (χ0v) is 13.2. The van der Waals surface area contributed by atoms with E-state index in [-0.39, 0.29) is 0 Å². The van der Waals surface area contributed by atoms with Crippen LogP contribution in [0.25, 0.3) is 0 Å². The average Bonchev–Trinajstić information content (AvgIpc) is 2.75. The third kappa shape index (κ3) is 3.72. The van der Waals surface area contributed by atoms with E-state index >= 15 is 0 Å². The van der Waals surface area contributed by atoms with Crippen LogP contribution in [0.4, 0.5) is 10.5 Å². The number of anilines is 1. The van der Waals surface area contributed by atoms with E-state index in [4.69, 9.17) is 16.3 Å². The second-order valence-electron chi connectivity index (χ2n) is 3.80. The molecule has 1 N–H and O–H groups in total. The lowest BCUT2D eigenvalue weighted by molar-refractivity contribution is 0.121. The van der Waals surface area contributed by atoms with Gasteiger partial charge in [0, 0.05) is 10.6 Å². The van der Waals surface area contributed by atoms with Crippen molar-refractivity contribution in [1.29, 1.82) is 0 Å². The largest absolute Gasteiger partial charge is 0.441 e. The minimum Gasteiger partial charge on any atom is -0.441 e. The first kappa shape index (κ1) is 14.4. The number of amides is 1. The minimum atomic E-state index is -0.508. The van der Waals surface area contributed by atoms with Crippen LogP contribution in [0.15, 0.2) is 39.5 Å². The zero-order chi connectivity index (χ0) is 13.8. The Morgan fingerprint density at radius 1 is 1.42 bits per heavy atom. The third-order valence-electron chi connectivity index (χ3n) is 2.48. The Bertz CT molecular complexity index is 588. The van der Waals surface area contributed by atoms with Crippen molar-refractivity contribution in [2.75, 3.05) is 5.32 Å². The fraction of sp³-hybridized carbons (Fsp3) is 0.154. The summed E-state index contributed by atoms with van der Waals surface area (Å²) in [5, 5.41) is 5.12. The van der Waals surface area contributed by atoms with Gasteiger partial charge in [-0.25, -0.2) is 4.79 Å². The lowest BCUT2D eigenvalue weighted by atomic mass is 10.1. The molecule has 1 amide bonds. The van der Waals surface area contributed by atoms with Crippen molar-refractivity contribution < 1.29 is 9.53 Å². The molecule has 0 fully saturated rings. The topological polar surface area (TPSA) is 38.3 Å². The van der Waals surface area contributed by atoms with E-state index in [0.717, 1.165) is 9.35 Å². The van der Waals surface area contributed by atoms with E-state index in [1.807, 2.05) is 23.6 Å². The first-order valence-electron chi connectivity index (χ1n) is 5.53. The third-order valence-corrected chi connectivity index (χ3v) is 4.51. The van der Waals surface area contributed by atoms with E-state index in [2.05, 4.69) is 21.2 Å². The monoisotopic (exact) mass is 359 g/mol. The number of ether oxygens (including phenoxy) is 1. The number of carbonyl (C=O) groups excluding carboxylic acids is 1. The van der Waals surface area contributed by atoms with Crippen molar-refractivity contribution in [1.82, 2.24) is 0 Å². The number of nitrogens with one attached hydrogen (secondary N) is 1. The van der Waals surface area contributed by atoms with Gasteiger partial charge in [-0.15, -0.1) is 11.3 Å². The van der Waals surface area contributed by atoms with E-state index in [1.54, 1.807) is 19.1 Å². The number of halogens is 2. The Morgan fingerprint density at radius 2 is 2.16 bits per heavy atom. The van der Waals surface area contributed by atoms with E-state index in [1.165, 1.54) is 11.3 Å². The molecule has 0 aliphatic heterocycles. The van der Waals surface area contributed by atoms with E-state index in [9.17, 15) is 4.79 Å². The first-order chi connectivity index (χ1) is 9.08. The van der Waals surface area contributed by atoms with Gasteiger partial charge in [-0.2, -0.15) is 0 Å². The van der Waals surface area contributed by atoms with Gasteiger partial charge in [0.2, 0.25) is 0 Å². The molecule has 1 aromatic heterocycles. The number of benzene rings is 1. The summed E-state index contributed by atoms with van der Waals surface area (Å²) >= 11 is 10.9. The molecule has 0 radical (unpaired) electrons. The molecule has 6 heteroatoms. The van der Waals surface area contributed by atoms with Crippen molar-refractivity contribution in [3.8, 4) is 0 Å². The molecule has 1 aromatic carbocycles. The maximum Gasteiger partial charge on any atom is 0.412 e. The molecule has 100 valence electrons. The molecule has 0 bridgehead atoms. The Labute approximate surface area is 128 Å². The molecular weight excluding hydrogens is 350 g/mol. The normalized spacial score (nSPS) is 11.9. The number of carbonyl (C=O) groups is 1. The van der Waals surface area contributed by atoms with Crippen LogP contribution in [0, 0.1) is 0 Å². The summed E-state index contributed by atoms with van der Waals surface area (Å²) in [4.78, 5) is 11.8. The number of hydrogen-bond donors (Lipinski definition) is 1. The lowest BCUT2D eigenvalue weighted by Crippen LogP contribution is -2.16. The molecule has 0 saturated heterocycles. The van der Waals surface area contributed by atoms with Crippen molar-refractivity contribution in [2.45, 2.75) is 13.0 Å². The molecule has 0 spiro atoms. The molecule has 2 rings (SSSR count). The average molecular weight is 361 g/mol. The van der Waals surface area contributed by atoms with Gasteiger partial charge in [0.1, 0.15) is 6.10 Å². The van der Waals surface area contributed by atoms with Crippen molar-refractivity contribution >= 4 is 50.6 Å². The van der Waals surface area contributed by atoms with Crippen LogP contribution in [0.5, 0.6) is 0 Å². The lowest BCUT2D eigenvalue weighted by Gasteiger charge is -2.15. The smallest absolute Gasteiger partial charge is 0.412 e. The zero-order valence-electron chi connectivity index (χ0n) is 10.0. The van der Waals surface area contributed by atoms with Gasteiger partial charge in [-0.1, -0.05) is 29.8 Å². The summed E-state index contributed by atoms with van der Waals surface area (Å²) in [6.45, 7) is 1.78. The number of rotatable bonds is 3. The van der Waals surface area contributed by atoms with Gasteiger partial charge in [0.15, 0.2) is 0 Å². The highest BCUT2D eigenvalue weighted by Gasteiger charge is 2.15. The Balaban J connectivity index is 2.00. The molecule has 1 atom stereocenters. The molecule has 1 heterocycles. The van der Waals surface area contributed by atoms with E-state index in [0.29, 0.717) is 10.7 Å². The molecular formula is C13H11BrClNO2S. The Hall–Kier alpha value is -1.04. The van der Waals surface area contributed by atoms with Crippen molar-refractivity contribution in [3.05, 3.63) is 50.1 Å². The van der Waals surface area contributed by atoms with Gasteiger partial charge in [0.05, 0.1) is 9.47 Å². The summed E-state index contributed by atoms with van der Waals surface area (Å²) < 4.78 is 6.15. The summed E-state index contributed by atoms with van der Waals surface area (Å²) in [7, 11) is 0. The second-order valence-corrected chi connectivity index (χ2v) is 6.44. The molecule has 0 aliphatic carbocycles. The van der Waals surface area contributed by atoms with Gasteiger partial charge in [-0.3, -0.25) is 5.32 Å². The van der Waals surface area contributed by atoms with Crippen LogP contribution in [-0.4, -0.2) is 6.09 Å². The minimum absolute atomic E-state index is 0.411. The summed E-state index contributed by atoms with van der Waals surface area (Å²) in [5.74, 6) is 0. The van der Waals surface area contributed by atoms with Crippen LogP contribution >= 0.6 is 38.9 Å². The molecule has 0 saturated carbocycles. The van der Waals surface area contributed by atoms with Gasteiger partial charge in [0.25, 0.3) is 0 Å². The standard InChI is InChI=1S/C13H11BrClNO2S/c1-8(9-4-2-3-5-10(9)15)18-13(17)16-11-6-7-19-12(11)14/h2-8H,1H3,(H,16,17)/t8-/m1/s1. The Morgan fingerprint density at radius 3 is 2.79 bits per heavy atom. The highest BCUT2D eigenvalue weighted by molar-refractivity contribution is 9.11. The number of hydrogen-bond acceptors (Lipinski definition) is 3. The predicted molar refractivity (Wildman–Crippen MR) is 82.0 cm³/mol. The fourth-order valence-corrected chi connectivity index (χ4v) is 2.96. The highest BCUT2D eigenvalue weighted by atomic mass is 79.9. The van der Waals surface area contributed by atoms with Crippen LogP contribution in [-0.2, 0) is 4.74 Å². The van der Waals surface area contributed by atoms with Crippen LogP contribution in [0.2, 0.25) is 5.02 Å². The molecule has 3 nitrogen and oxygen atoms in total. The molecule has 19 heavy (non-hydrogen) atoms. The SMILES string of the molecule is C[C@@H](OC(=O)Nc1ccsc1Br)c1ccccc1Cl. The number of thiophene rings is 1. The summed E-state index contributed by atoms with van der Waals surface area (Å²) in [6, 6.07) is 9.09. The van der Waals surface area contributed by atoms with Gasteiger partial charge < -0.3 is 4.74 Å². The maximum absolute atomic E-state index is 11.8. The van der Waals surface area contributed by atoms with Crippen LogP contribution in [0.1, 0.15) is 18.6 Å². The summed E-state index contributed by atoms with van der Waals surface area (Å²) in [6.07, 6.45) is -0.919. The highest BCUT2D eigenvalue weighted by Crippen LogP contribution is 2.29. The molecule has 0 aliphatic rings.